The van der Waals surface area contributed by atoms with E-state index in [-0.39, 0.29) is 0 Å². The van der Waals surface area contributed by atoms with Crippen LogP contribution in [0.3, 0.4) is 0 Å². The van der Waals surface area contributed by atoms with E-state index in [0.717, 1.165) is 23.1 Å². The molecule has 0 aliphatic carbocycles. The van der Waals surface area contributed by atoms with Crippen molar-refractivity contribution in [1.29, 1.82) is 0 Å². The van der Waals surface area contributed by atoms with Crippen LogP contribution >= 0.6 is 11.6 Å². The summed E-state index contributed by atoms with van der Waals surface area (Å²) in [6.45, 7) is 6.92. The third-order valence-electron chi connectivity index (χ3n) is 2.90. The average molecular weight is 253 g/mol. The fourth-order valence-corrected chi connectivity index (χ4v) is 1.95. The summed E-state index contributed by atoms with van der Waals surface area (Å²) < 4.78 is 5.72. The van der Waals surface area contributed by atoms with Crippen molar-refractivity contribution in [3.8, 4) is 0 Å². The highest BCUT2D eigenvalue weighted by atomic mass is 35.5. The van der Waals surface area contributed by atoms with Gasteiger partial charge in [-0.05, 0) is 38.0 Å². The van der Waals surface area contributed by atoms with Crippen molar-refractivity contribution in [3.05, 3.63) is 28.6 Å². The van der Waals surface area contributed by atoms with E-state index in [9.17, 15) is 0 Å². The van der Waals surface area contributed by atoms with Crippen LogP contribution in [0, 0.1) is 6.92 Å². The first-order valence-electron chi connectivity index (χ1n) is 5.89. The minimum absolute atomic E-state index is 0.467. The Morgan fingerprint density at radius 1 is 1.47 bits per heavy atom. The van der Waals surface area contributed by atoms with Crippen LogP contribution in [0.2, 0.25) is 5.02 Å². The SMILES string of the molecule is CCC(C)NCc1nc2cc(Cl)cc(C)c2o1. The smallest absolute Gasteiger partial charge is 0.209 e. The van der Waals surface area contributed by atoms with E-state index >= 15 is 0 Å². The molecule has 0 amide bonds. The summed E-state index contributed by atoms with van der Waals surface area (Å²) in [5.41, 5.74) is 2.68. The van der Waals surface area contributed by atoms with Crippen LogP contribution in [0.4, 0.5) is 0 Å². The topological polar surface area (TPSA) is 38.1 Å². The number of oxazole rings is 1. The molecule has 17 heavy (non-hydrogen) atoms. The molecule has 1 unspecified atom stereocenters. The molecule has 0 radical (unpaired) electrons. The van der Waals surface area contributed by atoms with Gasteiger partial charge in [-0.15, -0.1) is 0 Å². The number of fused-ring (bicyclic) bond motifs is 1. The Hall–Kier alpha value is -1.06. The fraction of sp³-hybridized carbons (Fsp3) is 0.462. The monoisotopic (exact) mass is 252 g/mol. The summed E-state index contributed by atoms with van der Waals surface area (Å²) in [6, 6.07) is 4.19. The van der Waals surface area contributed by atoms with Gasteiger partial charge in [0.25, 0.3) is 0 Å². The largest absolute Gasteiger partial charge is 0.439 e. The summed E-state index contributed by atoms with van der Waals surface area (Å²) in [5.74, 6) is 0.714. The standard InChI is InChI=1S/C13H17ClN2O/c1-4-9(3)15-7-12-16-11-6-10(14)5-8(2)13(11)17-12/h5-6,9,15H,4,7H2,1-3H3. The first-order chi connectivity index (χ1) is 8.10. The van der Waals surface area contributed by atoms with Gasteiger partial charge in [0.05, 0.1) is 6.54 Å². The van der Waals surface area contributed by atoms with Crippen LogP contribution in [0.25, 0.3) is 11.1 Å². The molecule has 0 saturated carbocycles. The van der Waals surface area contributed by atoms with Crippen LogP contribution < -0.4 is 5.32 Å². The highest BCUT2D eigenvalue weighted by Gasteiger charge is 2.09. The molecule has 1 heterocycles. The molecule has 92 valence electrons. The molecule has 0 spiro atoms. The molecule has 2 rings (SSSR count). The summed E-state index contributed by atoms with van der Waals surface area (Å²) in [5, 5.41) is 4.05. The van der Waals surface area contributed by atoms with E-state index in [1.165, 1.54) is 0 Å². The summed E-state index contributed by atoms with van der Waals surface area (Å²) in [7, 11) is 0. The summed E-state index contributed by atoms with van der Waals surface area (Å²) in [4.78, 5) is 4.43. The van der Waals surface area contributed by atoms with Gasteiger partial charge in [0.1, 0.15) is 5.52 Å². The molecule has 4 heteroatoms. The Bertz CT molecular complexity index is 521. The maximum Gasteiger partial charge on any atom is 0.209 e. The zero-order valence-electron chi connectivity index (χ0n) is 10.4. The van der Waals surface area contributed by atoms with E-state index in [1.807, 2.05) is 19.1 Å². The molecule has 0 fully saturated rings. The van der Waals surface area contributed by atoms with E-state index in [1.54, 1.807) is 0 Å². The Labute approximate surface area is 106 Å². The predicted octanol–water partition coefficient (Wildman–Crippen LogP) is 3.68. The lowest BCUT2D eigenvalue weighted by atomic mass is 10.2. The zero-order valence-corrected chi connectivity index (χ0v) is 11.1. The molecular formula is C13H17ClN2O. The van der Waals surface area contributed by atoms with Crippen molar-refractivity contribution in [2.45, 2.75) is 39.8 Å². The van der Waals surface area contributed by atoms with Gasteiger partial charge in [0.15, 0.2) is 5.58 Å². The number of halogens is 1. The maximum absolute atomic E-state index is 5.99. The predicted molar refractivity (Wildman–Crippen MR) is 70.3 cm³/mol. The molecule has 3 nitrogen and oxygen atoms in total. The minimum Gasteiger partial charge on any atom is -0.439 e. The maximum atomic E-state index is 5.99. The van der Waals surface area contributed by atoms with Gasteiger partial charge in [-0.1, -0.05) is 18.5 Å². The molecule has 0 saturated heterocycles. The Morgan fingerprint density at radius 3 is 2.94 bits per heavy atom. The van der Waals surface area contributed by atoms with Crippen LogP contribution in [-0.2, 0) is 6.54 Å². The first kappa shape index (κ1) is 12.4. The molecule has 1 N–H and O–H groups in total. The molecule has 0 bridgehead atoms. The summed E-state index contributed by atoms with van der Waals surface area (Å²) >= 11 is 5.99. The van der Waals surface area contributed by atoms with Gasteiger partial charge in [0.2, 0.25) is 5.89 Å². The number of nitrogens with zero attached hydrogens (tertiary/aromatic N) is 1. The second kappa shape index (κ2) is 5.07. The van der Waals surface area contributed by atoms with Gasteiger partial charge < -0.3 is 9.73 Å². The number of rotatable bonds is 4. The van der Waals surface area contributed by atoms with E-state index in [4.69, 9.17) is 16.0 Å². The second-order valence-corrected chi connectivity index (χ2v) is 4.81. The van der Waals surface area contributed by atoms with Gasteiger partial charge in [-0.3, -0.25) is 0 Å². The fourth-order valence-electron chi connectivity index (χ4n) is 1.68. The highest BCUT2D eigenvalue weighted by Crippen LogP contribution is 2.24. The number of aryl methyl sites for hydroxylation is 1. The Morgan fingerprint density at radius 2 is 2.24 bits per heavy atom. The molecule has 0 aliphatic heterocycles. The minimum atomic E-state index is 0.467. The van der Waals surface area contributed by atoms with E-state index < -0.39 is 0 Å². The van der Waals surface area contributed by atoms with E-state index in [2.05, 4.69) is 24.1 Å². The molecular weight excluding hydrogens is 236 g/mol. The lowest BCUT2D eigenvalue weighted by Crippen LogP contribution is -2.24. The number of aromatic nitrogens is 1. The number of hydrogen-bond donors (Lipinski definition) is 1. The summed E-state index contributed by atoms with van der Waals surface area (Å²) in [6.07, 6.45) is 1.09. The normalized spacial score (nSPS) is 13.2. The van der Waals surface area contributed by atoms with Gasteiger partial charge in [-0.2, -0.15) is 0 Å². The Balaban J connectivity index is 2.23. The van der Waals surface area contributed by atoms with Gasteiger partial charge in [-0.25, -0.2) is 4.98 Å². The quantitative estimate of drug-likeness (QED) is 0.902. The first-order valence-corrected chi connectivity index (χ1v) is 6.27. The van der Waals surface area contributed by atoms with Crippen molar-refractivity contribution in [3.63, 3.8) is 0 Å². The van der Waals surface area contributed by atoms with Crippen molar-refractivity contribution >= 4 is 22.7 Å². The third-order valence-corrected chi connectivity index (χ3v) is 3.12. The average Bonchev–Trinajstić information content (AvgIpc) is 2.69. The molecule has 1 atom stereocenters. The van der Waals surface area contributed by atoms with Crippen molar-refractivity contribution in [1.82, 2.24) is 10.3 Å². The van der Waals surface area contributed by atoms with Crippen LogP contribution in [-0.4, -0.2) is 11.0 Å². The molecule has 1 aromatic heterocycles. The molecule has 0 aliphatic rings. The van der Waals surface area contributed by atoms with Crippen molar-refractivity contribution in [2.24, 2.45) is 0 Å². The molecule has 2 aromatic rings. The van der Waals surface area contributed by atoms with Crippen LogP contribution in [0.15, 0.2) is 16.5 Å². The van der Waals surface area contributed by atoms with Crippen LogP contribution in [0.5, 0.6) is 0 Å². The number of hydrogen-bond acceptors (Lipinski definition) is 3. The van der Waals surface area contributed by atoms with Crippen LogP contribution in [0.1, 0.15) is 31.7 Å². The lowest BCUT2D eigenvalue weighted by Gasteiger charge is -2.07. The van der Waals surface area contributed by atoms with Gasteiger partial charge >= 0.3 is 0 Å². The zero-order chi connectivity index (χ0) is 12.4. The second-order valence-electron chi connectivity index (χ2n) is 4.37. The Kier molecular flexibility index (Phi) is 3.69. The number of benzene rings is 1. The van der Waals surface area contributed by atoms with Crippen molar-refractivity contribution < 1.29 is 4.42 Å². The van der Waals surface area contributed by atoms with E-state index in [0.29, 0.717) is 23.5 Å². The lowest BCUT2D eigenvalue weighted by molar-refractivity contribution is 0.454. The number of nitrogens with one attached hydrogen (secondary N) is 1. The molecule has 1 aromatic carbocycles. The third kappa shape index (κ3) is 2.79. The van der Waals surface area contributed by atoms with Crippen molar-refractivity contribution in [2.75, 3.05) is 0 Å². The highest BCUT2D eigenvalue weighted by molar-refractivity contribution is 6.31. The van der Waals surface area contributed by atoms with Gasteiger partial charge in [0, 0.05) is 11.1 Å².